The van der Waals surface area contributed by atoms with Gasteiger partial charge in [-0.2, -0.15) is 0 Å². The largest absolute Gasteiger partial charge is 0.480 e. The number of nitrogens with zero attached hydrogens (tertiary/aromatic N) is 1. The zero-order chi connectivity index (χ0) is 14.3. The van der Waals surface area contributed by atoms with Crippen LogP contribution in [-0.2, 0) is 4.79 Å². The number of rotatable bonds is 7. The zero-order valence-electron chi connectivity index (χ0n) is 12.1. The third-order valence-corrected chi connectivity index (χ3v) is 2.99. The zero-order valence-corrected chi connectivity index (χ0v) is 12.1. The van der Waals surface area contributed by atoms with Crippen molar-refractivity contribution in [2.24, 2.45) is 5.92 Å². The van der Waals surface area contributed by atoms with E-state index in [4.69, 9.17) is 5.11 Å². The van der Waals surface area contributed by atoms with E-state index in [1.54, 1.807) is 6.92 Å². The van der Waals surface area contributed by atoms with E-state index in [9.17, 15) is 9.59 Å². The van der Waals surface area contributed by atoms with E-state index in [-0.39, 0.29) is 6.03 Å². The molecule has 0 saturated carbocycles. The second kappa shape index (κ2) is 7.24. The Kier molecular flexibility index (Phi) is 6.73. The summed E-state index contributed by atoms with van der Waals surface area (Å²) < 4.78 is 0. The lowest BCUT2D eigenvalue weighted by Gasteiger charge is -2.34. The molecule has 0 heterocycles. The Labute approximate surface area is 110 Å². The fourth-order valence-corrected chi connectivity index (χ4v) is 1.71. The molecule has 0 spiro atoms. The summed E-state index contributed by atoms with van der Waals surface area (Å²) in [6, 6.07) is -0.311. The van der Waals surface area contributed by atoms with Crippen LogP contribution in [0.15, 0.2) is 0 Å². The summed E-state index contributed by atoms with van der Waals surface area (Å²) in [5, 5.41) is 11.9. The third kappa shape index (κ3) is 4.94. The third-order valence-electron chi connectivity index (χ3n) is 2.99. The molecule has 0 aliphatic rings. The van der Waals surface area contributed by atoms with Crippen LogP contribution in [0.1, 0.15) is 47.5 Å². The van der Waals surface area contributed by atoms with E-state index in [2.05, 4.69) is 19.2 Å². The van der Waals surface area contributed by atoms with Gasteiger partial charge < -0.3 is 15.3 Å². The van der Waals surface area contributed by atoms with E-state index in [0.29, 0.717) is 19.0 Å². The van der Waals surface area contributed by atoms with Crippen molar-refractivity contribution in [1.29, 1.82) is 0 Å². The predicted molar refractivity (Wildman–Crippen MR) is 71.6 cm³/mol. The van der Waals surface area contributed by atoms with Gasteiger partial charge in [-0.05, 0) is 39.5 Å². The first-order chi connectivity index (χ1) is 8.23. The first kappa shape index (κ1) is 16.7. The lowest BCUT2D eigenvalue weighted by atomic mass is 10.0. The lowest BCUT2D eigenvalue weighted by Crippen LogP contribution is -2.56. The number of hydrogen-bond donors (Lipinski definition) is 2. The number of hydrogen-bond acceptors (Lipinski definition) is 2. The number of carbonyl (C=O) groups excluding carboxylic acids is 1. The van der Waals surface area contributed by atoms with Gasteiger partial charge in [-0.15, -0.1) is 0 Å². The van der Waals surface area contributed by atoms with Crippen LogP contribution in [0.2, 0.25) is 0 Å². The Bertz CT molecular complexity index is 288. The van der Waals surface area contributed by atoms with Crippen LogP contribution in [0.3, 0.4) is 0 Å². The summed E-state index contributed by atoms with van der Waals surface area (Å²) in [5.74, 6) is -0.388. The predicted octanol–water partition coefficient (Wildman–Crippen LogP) is 2.32. The summed E-state index contributed by atoms with van der Waals surface area (Å²) >= 11 is 0. The van der Waals surface area contributed by atoms with Gasteiger partial charge in [0, 0.05) is 13.1 Å². The van der Waals surface area contributed by atoms with Crippen LogP contribution in [0, 0.1) is 5.92 Å². The molecule has 0 unspecified atom stereocenters. The van der Waals surface area contributed by atoms with E-state index in [1.165, 1.54) is 18.7 Å². The fraction of sp³-hybridized carbons (Fsp3) is 0.846. The maximum absolute atomic E-state index is 11.9. The molecular weight excluding hydrogens is 232 g/mol. The van der Waals surface area contributed by atoms with E-state index in [1.807, 2.05) is 0 Å². The van der Waals surface area contributed by atoms with E-state index in [0.717, 1.165) is 12.8 Å². The molecule has 0 bridgehead atoms. The smallest absolute Gasteiger partial charge is 0.329 e. The highest BCUT2D eigenvalue weighted by atomic mass is 16.4. The molecule has 2 amide bonds. The summed E-state index contributed by atoms with van der Waals surface area (Å²) in [6.45, 7) is 10.1. The van der Waals surface area contributed by atoms with Crippen molar-refractivity contribution >= 4 is 12.0 Å². The normalized spacial score (nSPS) is 11.4. The van der Waals surface area contributed by atoms with Gasteiger partial charge in [0.15, 0.2) is 0 Å². The molecule has 0 aromatic heterocycles. The Hall–Kier alpha value is -1.26. The summed E-state index contributed by atoms with van der Waals surface area (Å²) in [4.78, 5) is 24.4. The standard InChI is InChI=1S/C13H26N2O3/c1-6-15(13(4,5)11(16)17)12(18)14-9-7-8-10(2)3/h10H,6-9H2,1-5H3,(H,14,18)(H,16,17). The number of carboxylic acid groups (broad SMARTS) is 1. The minimum atomic E-state index is -1.18. The number of aliphatic carboxylic acids is 1. The molecule has 18 heavy (non-hydrogen) atoms. The van der Waals surface area contributed by atoms with Crippen LogP contribution in [0.4, 0.5) is 4.79 Å². The van der Waals surface area contributed by atoms with Crippen LogP contribution in [0.5, 0.6) is 0 Å². The molecule has 5 heteroatoms. The first-order valence-electron chi connectivity index (χ1n) is 6.52. The molecule has 0 fully saturated rings. The molecule has 106 valence electrons. The summed E-state index contributed by atoms with van der Waals surface area (Å²) in [6.07, 6.45) is 1.96. The van der Waals surface area contributed by atoms with Crippen LogP contribution >= 0.6 is 0 Å². The van der Waals surface area contributed by atoms with Crippen LogP contribution < -0.4 is 5.32 Å². The van der Waals surface area contributed by atoms with Gasteiger partial charge in [-0.25, -0.2) is 9.59 Å². The number of amides is 2. The second-order valence-electron chi connectivity index (χ2n) is 5.38. The minimum absolute atomic E-state index is 0.311. The van der Waals surface area contributed by atoms with Gasteiger partial charge in [0.2, 0.25) is 0 Å². The maximum Gasteiger partial charge on any atom is 0.329 e. The Morgan fingerprint density at radius 1 is 1.33 bits per heavy atom. The molecule has 0 saturated heterocycles. The van der Waals surface area contributed by atoms with Gasteiger partial charge >= 0.3 is 12.0 Å². The Balaban J connectivity index is 4.33. The van der Waals surface area contributed by atoms with Gasteiger partial charge in [-0.3, -0.25) is 0 Å². The molecule has 0 atom stereocenters. The highest BCUT2D eigenvalue weighted by Crippen LogP contribution is 2.14. The maximum atomic E-state index is 11.9. The topological polar surface area (TPSA) is 69.6 Å². The van der Waals surface area contributed by atoms with Gasteiger partial charge in [-0.1, -0.05) is 13.8 Å². The summed E-state index contributed by atoms with van der Waals surface area (Å²) in [7, 11) is 0. The van der Waals surface area contributed by atoms with Crippen molar-refractivity contribution in [3.8, 4) is 0 Å². The van der Waals surface area contributed by atoms with Crippen molar-refractivity contribution in [2.75, 3.05) is 13.1 Å². The lowest BCUT2D eigenvalue weighted by molar-refractivity contribution is -0.147. The molecule has 0 aliphatic carbocycles. The number of urea groups is 1. The SMILES string of the molecule is CCN(C(=O)NCCCC(C)C)C(C)(C)C(=O)O. The van der Waals surface area contributed by atoms with Crippen molar-refractivity contribution in [1.82, 2.24) is 10.2 Å². The van der Waals surface area contributed by atoms with Crippen molar-refractivity contribution in [2.45, 2.75) is 53.0 Å². The number of nitrogens with one attached hydrogen (secondary N) is 1. The molecule has 0 aromatic carbocycles. The van der Waals surface area contributed by atoms with Gasteiger partial charge in [0.1, 0.15) is 5.54 Å². The van der Waals surface area contributed by atoms with Gasteiger partial charge in [0.25, 0.3) is 0 Å². The molecular formula is C13H26N2O3. The minimum Gasteiger partial charge on any atom is -0.480 e. The summed E-state index contributed by atoms with van der Waals surface area (Å²) in [5.41, 5.74) is -1.18. The average Bonchev–Trinajstić information content (AvgIpc) is 2.24. The number of carboxylic acids is 1. The molecule has 0 rings (SSSR count). The Morgan fingerprint density at radius 3 is 2.28 bits per heavy atom. The van der Waals surface area contributed by atoms with Crippen molar-refractivity contribution in [3.05, 3.63) is 0 Å². The van der Waals surface area contributed by atoms with Gasteiger partial charge in [0.05, 0.1) is 0 Å². The second-order valence-corrected chi connectivity index (χ2v) is 5.38. The molecule has 0 aromatic rings. The first-order valence-corrected chi connectivity index (χ1v) is 6.52. The van der Waals surface area contributed by atoms with Crippen LogP contribution in [0.25, 0.3) is 0 Å². The highest BCUT2D eigenvalue weighted by molar-refractivity contribution is 5.85. The molecule has 5 nitrogen and oxygen atoms in total. The average molecular weight is 258 g/mol. The molecule has 0 radical (unpaired) electrons. The highest BCUT2D eigenvalue weighted by Gasteiger charge is 2.36. The molecule has 2 N–H and O–H groups in total. The quantitative estimate of drug-likeness (QED) is 0.688. The van der Waals surface area contributed by atoms with Crippen molar-refractivity contribution in [3.63, 3.8) is 0 Å². The fourth-order valence-electron chi connectivity index (χ4n) is 1.71. The Morgan fingerprint density at radius 2 is 1.89 bits per heavy atom. The number of carbonyl (C=O) groups is 2. The van der Waals surface area contributed by atoms with Crippen LogP contribution in [-0.4, -0.2) is 40.6 Å². The van der Waals surface area contributed by atoms with E-state index < -0.39 is 11.5 Å². The van der Waals surface area contributed by atoms with E-state index >= 15 is 0 Å². The molecule has 0 aliphatic heterocycles. The monoisotopic (exact) mass is 258 g/mol. The number of likely N-dealkylation sites (N-methyl/N-ethyl adjacent to an activating group) is 1. The van der Waals surface area contributed by atoms with Crippen molar-refractivity contribution < 1.29 is 14.7 Å².